The van der Waals surface area contributed by atoms with E-state index in [1.165, 1.54) is 36.4 Å². The van der Waals surface area contributed by atoms with Crippen LogP contribution in [0.3, 0.4) is 0 Å². The Bertz CT molecular complexity index is 501. The second-order valence-electron chi connectivity index (χ2n) is 3.07. The first-order chi connectivity index (χ1) is 8.33. The molecule has 0 aliphatic rings. The van der Waals surface area contributed by atoms with Crippen molar-refractivity contribution in [3.63, 3.8) is 0 Å². The van der Waals surface area contributed by atoms with Gasteiger partial charge >= 0.3 is 0 Å². The van der Waals surface area contributed by atoms with Crippen molar-refractivity contribution < 1.29 is 9.59 Å². The molecule has 1 rings (SSSR count). The number of nitrogens with zero attached hydrogens (tertiary/aromatic N) is 2. The Labute approximate surface area is 122 Å². The topological polar surface area (TPSA) is 58.9 Å². The average Bonchev–Trinajstić information content (AvgIpc) is 2.29. The zero-order valence-electron chi connectivity index (χ0n) is 8.53. The Morgan fingerprint density at radius 2 is 1.28 bits per heavy atom. The number of hydrogen-bond acceptors (Lipinski definition) is 4. The molecule has 0 fully saturated rings. The molecule has 0 radical (unpaired) electrons. The van der Waals surface area contributed by atoms with Crippen LogP contribution >= 0.6 is 46.4 Å². The fraction of sp³-hybridized carbons (Fsp3) is 0.200. The van der Waals surface area contributed by atoms with Gasteiger partial charge in [0.25, 0.3) is 0 Å². The quantitative estimate of drug-likeness (QED) is 0.368. The third kappa shape index (κ3) is 3.56. The Balaban J connectivity index is 3.30. The fourth-order valence-electron chi connectivity index (χ4n) is 1.14. The zero-order valence-corrected chi connectivity index (χ0v) is 11.6. The molecule has 8 heteroatoms. The van der Waals surface area contributed by atoms with Crippen LogP contribution in [-0.4, -0.2) is 12.2 Å². The number of aliphatic imine (C=N–C) groups is 2. The number of rotatable bonds is 4. The number of halogens is 4. The number of isocyanates is 2. The van der Waals surface area contributed by atoms with Crippen LogP contribution in [0.25, 0.3) is 0 Å². The summed E-state index contributed by atoms with van der Waals surface area (Å²) in [7, 11) is 0. The number of benzene rings is 1. The Hall–Kier alpha value is -0.860. The molecule has 1 aromatic carbocycles. The number of carbonyl (C=O) groups excluding carboxylic acids is 2. The second-order valence-corrected chi connectivity index (χ2v) is 5.64. The van der Waals surface area contributed by atoms with Crippen molar-refractivity contribution in [1.82, 2.24) is 0 Å². The molecule has 0 aromatic heterocycles. The van der Waals surface area contributed by atoms with Gasteiger partial charge in [0.15, 0.2) is 0 Å². The van der Waals surface area contributed by atoms with Gasteiger partial charge in [-0.15, -0.1) is 0 Å². The lowest BCUT2D eigenvalue weighted by Crippen LogP contribution is -2.11. The number of alkyl halides is 4. The SMILES string of the molecule is O=C=NC(Cl)(Cl)c1cccc(C(Cl)(Cl)N=C=O)c1. The van der Waals surface area contributed by atoms with Crippen LogP contribution in [-0.2, 0) is 18.5 Å². The molecule has 0 aliphatic carbocycles. The summed E-state index contributed by atoms with van der Waals surface area (Å²) in [5.74, 6) is 0. The summed E-state index contributed by atoms with van der Waals surface area (Å²) in [6, 6.07) is 5.88. The largest absolute Gasteiger partial charge is 0.245 e. The summed E-state index contributed by atoms with van der Waals surface area (Å²) in [6.45, 7) is 0. The van der Waals surface area contributed by atoms with E-state index in [-0.39, 0.29) is 11.1 Å². The van der Waals surface area contributed by atoms with Crippen molar-refractivity contribution in [3.05, 3.63) is 35.4 Å². The highest BCUT2D eigenvalue weighted by Crippen LogP contribution is 2.40. The molecule has 1 aromatic rings. The molecular weight excluding hydrogens is 322 g/mol. The summed E-state index contributed by atoms with van der Waals surface area (Å²) in [5, 5.41) is 0. The Morgan fingerprint density at radius 3 is 1.61 bits per heavy atom. The van der Waals surface area contributed by atoms with Gasteiger partial charge in [-0.25, -0.2) is 9.59 Å². The smallest absolute Gasteiger partial charge is 0.211 e. The third-order valence-electron chi connectivity index (χ3n) is 1.93. The van der Waals surface area contributed by atoms with Crippen molar-refractivity contribution in [2.45, 2.75) is 8.91 Å². The van der Waals surface area contributed by atoms with E-state index in [0.717, 1.165) is 0 Å². The lowest BCUT2D eigenvalue weighted by molar-refractivity contribution is 0.560. The van der Waals surface area contributed by atoms with E-state index in [9.17, 15) is 9.59 Å². The molecule has 0 unspecified atom stereocenters. The van der Waals surface area contributed by atoms with Crippen LogP contribution in [0, 0.1) is 0 Å². The van der Waals surface area contributed by atoms with E-state index in [1.807, 2.05) is 0 Å². The van der Waals surface area contributed by atoms with Crippen LogP contribution < -0.4 is 0 Å². The van der Waals surface area contributed by atoms with E-state index in [4.69, 9.17) is 46.4 Å². The molecule has 0 saturated heterocycles. The van der Waals surface area contributed by atoms with Crippen LogP contribution in [0.1, 0.15) is 11.1 Å². The van der Waals surface area contributed by atoms with Crippen molar-refractivity contribution in [2.24, 2.45) is 9.98 Å². The van der Waals surface area contributed by atoms with Crippen LogP contribution in [0.2, 0.25) is 0 Å². The van der Waals surface area contributed by atoms with Gasteiger partial charge in [-0.05, 0) is 6.07 Å². The first-order valence-electron chi connectivity index (χ1n) is 4.38. The minimum absolute atomic E-state index is 0.235. The molecular formula is C10H4Cl4N2O2. The number of hydrogen-bond donors (Lipinski definition) is 0. The van der Waals surface area contributed by atoms with E-state index >= 15 is 0 Å². The monoisotopic (exact) mass is 324 g/mol. The minimum atomic E-state index is -1.81. The van der Waals surface area contributed by atoms with E-state index in [0.29, 0.717) is 0 Å². The molecule has 0 saturated carbocycles. The summed E-state index contributed by atoms with van der Waals surface area (Å²) in [6.07, 6.45) is 2.50. The van der Waals surface area contributed by atoms with Gasteiger partial charge in [-0.1, -0.05) is 64.6 Å². The van der Waals surface area contributed by atoms with Crippen molar-refractivity contribution >= 4 is 58.6 Å². The maximum absolute atomic E-state index is 10.2. The predicted octanol–water partition coefficient (Wildman–Crippen LogP) is 3.53. The normalized spacial score (nSPS) is 11.3. The van der Waals surface area contributed by atoms with Crippen LogP contribution in [0.4, 0.5) is 0 Å². The molecule has 94 valence electrons. The van der Waals surface area contributed by atoms with Crippen molar-refractivity contribution in [1.29, 1.82) is 0 Å². The second kappa shape index (κ2) is 5.85. The molecule has 0 amide bonds. The lowest BCUT2D eigenvalue weighted by Gasteiger charge is -2.17. The summed E-state index contributed by atoms with van der Waals surface area (Å²) < 4.78 is -3.63. The predicted molar refractivity (Wildman–Crippen MR) is 69.5 cm³/mol. The van der Waals surface area contributed by atoms with Gasteiger partial charge in [0.05, 0.1) is 0 Å². The third-order valence-corrected chi connectivity index (χ3v) is 3.14. The van der Waals surface area contributed by atoms with Gasteiger partial charge in [0.1, 0.15) is 0 Å². The Kier molecular flexibility index (Phi) is 4.94. The van der Waals surface area contributed by atoms with Gasteiger partial charge in [0, 0.05) is 11.1 Å². The zero-order chi connectivity index (χ0) is 13.8. The van der Waals surface area contributed by atoms with Gasteiger partial charge < -0.3 is 0 Å². The summed E-state index contributed by atoms with van der Waals surface area (Å²) in [5.41, 5.74) is 0.469. The maximum atomic E-state index is 10.2. The fourth-order valence-corrected chi connectivity index (χ4v) is 1.75. The molecule has 0 aliphatic heterocycles. The van der Waals surface area contributed by atoms with E-state index in [1.54, 1.807) is 0 Å². The standard InChI is InChI=1S/C10H4Cl4N2O2/c11-9(12,15-5-17)7-2-1-3-8(4-7)10(13,14)16-6-18/h1-4H. The molecule has 0 atom stereocenters. The highest BCUT2D eigenvalue weighted by molar-refractivity contribution is 6.49. The maximum Gasteiger partial charge on any atom is 0.245 e. The highest BCUT2D eigenvalue weighted by Gasteiger charge is 2.30. The van der Waals surface area contributed by atoms with Gasteiger partial charge in [-0.3, -0.25) is 0 Å². The lowest BCUT2D eigenvalue weighted by atomic mass is 10.1. The molecule has 0 spiro atoms. The van der Waals surface area contributed by atoms with E-state index in [2.05, 4.69) is 9.98 Å². The average molecular weight is 326 g/mol. The first kappa shape index (κ1) is 15.2. The molecule has 18 heavy (non-hydrogen) atoms. The van der Waals surface area contributed by atoms with Crippen molar-refractivity contribution in [2.75, 3.05) is 0 Å². The van der Waals surface area contributed by atoms with Crippen LogP contribution in [0.5, 0.6) is 0 Å². The molecule has 0 heterocycles. The van der Waals surface area contributed by atoms with E-state index < -0.39 is 8.91 Å². The van der Waals surface area contributed by atoms with Crippen LogP contribution in [0.15, 0.2) is 34.3 Å². The molecule has 0 N–H and O–H groups in total. The van der Waals surface area contributed by atoms with Crippen molar-refractivity contribution in [3.8, 4) is 0 Å². The summed E-state index contributed by atoms with van der Waals surface area (Å²) >= 11 is 23.2. The molecule has 0 bridgehead atoms. The van der Waals surface area contributed by atoms with Gasteiger partial charge in [-0.2, -0.15) is 9.98 Å². The first-order valence-corrected chi connectivity index (χ1v) is 5.89. The Morgan fingerprint density at radius 1 is 0.889 bits per heavy atom. The minimum Gasteiger partial charge on any atom is -0.211 e. The van der Waals surface area contributed by atoms with Gasteiger partial charge in [0.2, 0.25) is 21.1 Å². The molecule has 4 nitrogen and oxygen atoms in total. The highest BCUT2D eigenvalue weighted by atomic mass is 35.5. The summed E-state index contributed by atoms with van der Waals surface area (Å²) in [4.78, 5) is 26.8.